The summed E-state index contributed by atoms with van der Waals surface area (Å²) in [5, 5.41) is 0. The van der Waals surface area contributed by atoms with E-state index in [1.807, 2.05) is 6.07 Å². The Labute approximate surface area is 214 Å². The van der Waals surface area contributed by atoms with Crippen LogP contribution in [0.15, 0.2) is 36.4 Å². The minimum Gasteiger partial charge on any atom is -0.493 e. The fourth-order valence-electron chi connectivity index (χ4n) is 8.06. The topological polar surface area (TPSA) is 48.0 Å². The maximum atomic E-state index is 13.3. The van der Waals surface area contributed by atoms with Gasteiger partial charge in [-0.05, 0) is 68.9 Å². The third kappa shape index (κ3) is 3.34. The summed E-state index contributed by atoms with van der Waals surface area (Å²) in [5.41, 5.74) is 3.66. The minimum absolute atomic E-state index is 0.213. The van der Waals surface area contributed by atoms with Crippen LogP contribution >= 0.6 is 0 Å². The summed E-state index contributed by atoms with van der Waals surface area (Å²) in [7, 11) is 1.70. The van der Waals surface area contributed by atoms with E-state index >= 15 is 0 Å². The van der Waals surface area contributed by atoms with Crippen LogP contribution in [0, 0.1) is 11.8 Å². The molecule has 0 radical (unpaired) electrons. The molecule has 3 fully saturated rings. The lowest BCUT2D eigenvalue weighted by atomic mass is 9.51. The van der Waals surface area contributed by atoms with Crippen molar-refractivity contribution in [3.8, 4) is 17.2 Å². The fourth-order valence-corrected chi connectivity index (χ4v) is 8.06. The molecule has 2 saturated carbocycles. The molecule has 3 aliphatic carbocycles. The van der Waals surface area contributed by atoms with E-state index < -0.39 is 0 Å². The van der Waals surface area contributed by atoms with E-state index in [0.29, 0.717) is 25.0 Å². The number of Topliss-reactive ketones (excluding diaryl/α,β-unsaturated/α-hetero) is 1. The lowest BCUT2D eigenvalue weighted by Gasteiger charge is -2.58. The highest BCUT2D eigenvalue weighted by atomic mass is 16.5. The number of hydrogen-bond donors (Lipinski definition) is 0. The molecule has 5 nitrogen and oxygen atoms in total. The molecule has 2 bridgehead atoms. The van der Waals surface area contributed by atoms with E-state index in [4.69, 9.17) is 14.2 Å². The number of carbonyl (C=O) groups excluding carboxylic acids is 1. The van der Waals surface area contributed by atoms with Gasteiger partial charge in [0.2, 0.25) is 0 Å². The zero-order chi connectivity index (χ0) is 24.3. The van der Waals surface area contributed by atoms with E-state index in [1.165, 1.54) is 42.5 Å². The number of aryl methyl sites for hydroxylation is 1. The predicted molar refractivity (Wildman–Crippen MR) is 138 cm³/mol. The quantitative estimate of drug-likeness (QED) is 0.484. The van der Waals surface area contributed by atoms with Crippen molar-refractivity contribution >= 4 is 5.78 Å². The van der Waals surface area contributed by atoms with Gasteiger partial charge in [0, 0.05) is 41.6 Å². The van der Waals surface area contributed by atoms with Gasteiger partial charge in [-0.2, -0.15) is 0 Å². The van der Waals surface area contributed by atoms with Gasteiger partial charge in [-0.15, -0.1) is 0 Å². The smallest absolute Gasteiger partial charge is 0.174 e. The second-order valence-corrected chi connectivity index (χ2v) is 11.7. The second kappa shape index (κ2) is 8.79. The average Bonchev–Trinajstić information content (AvgIpc) is 3.22. The first kappa shape index (κ1) is 22.7. The molecule has 1 spiro atoms. The molecule has 5 heteroatoms. The van der Waals surface area contributed by atoms with Gasteiger partial charge in [-0.1, -0.05) is 36.8 Å². The number of hydrogen-bond acceptors (Lipinski definition) is 5. The third-order valence-corrected chi connectivity index (χ3v) is 9.94. The Morgan fingerprint density at radius 1 is 1.14 bits per heavy atom. The molecule has 7 rings (SSSR count). The summed E-state index contributed by atoms with van der Waals surface area (Å²) >= 11 is 0. The van der Waals surface area contributed by atoms with Crippen molar-refractivity contribution in [2.45, 2.75) is 75.3 Å². The molecule has 4 atom stereocenters. The molecule has 0 amide bonds. The molecule has 2 aliphatic heterocycles. The fraction of sp³-hybridized carbons (Fsp3) is 0.581. The molecular weight excluding hydrogens is 450 g/mol. The van der Waals surface area contributed by atoms with Crippen molar-refractivity contribution in [1.82, 2.24) is 4.90 Å². The normalized spacial score (nSPS) is 30.4. The van der Waals surface area contributed by atoms with Gasteiger partial charge in [-0.3, -0.25) is 9.69 Å². The van der Waals surface area contributed by atoms with E-state index in [1.54, 1.807) is 7.11 Å². The number of rotatable bonds is 8. The Balaban J connectivity index is 1.23. The molecule has 2 heterocycles. The summed E-state index contributed by atoms with van der Waals surface area (Å²) in [6.07, 6.45) is 9.34. The summed E-state index contributed by atoms with van der Waals surface area (Å²) in [5.74, 6) is 4.07. The molecule has 2 aromatic rings. The second-order valence-electron chi connectivity index (χ2n) is 11.7. The van der Waals surface area contributed by atoms with Crippen molar-refractivity contribution in [3.63, 3.8) is 0 Å². The number of ketones is 1. The number of carbonyl (C=O) groups is 1. The highest BCUT2D eigenvalue weighted by Gasteiger charge is 2.66. The molecule has 0 N–H and O–H groups in total. The molecule has 190 valence electrons. The lowest BCUT2D eigenvalue weighted by Crippen LogP contribution is -2.66. The molecule has 0 unspecified atom stereocenters. The molecule has 2 aromatic carbocycles. The van der Waals surface area contributed by atoms with Crippen LogP contribution in [-0.4, -0.2) is 49.6 Å². The standard InChI is InChI=1S/C31H37NO4/c1-34-27-18-26(35-16-6-11-20-7-3-2-4-8-20)22-17-24-23-12-13-25(33)30-31(23,28(22)29(27)36-30)14-15-32(24)19-21-9-5-10-21/h2-4,7-8,18,21,23-24,30H,5-6,9-17,19H2,1H3/t23-,24+,30-,31-/m0/s1. The highest BCUT2D eigenvalue weighted by molar-refractivity contribution is 5.89. The van der Waals surface area contributed by atoms with Gasteiger partial charge < -0.3 is 14.2 Å². The van der Waals surface area contributed by atoms with Crippen LogP contribution in [0.3, 0.4) is 0 Å². The first-order chi connectivity index (χ1) is 17.7. The Kier molecular flexibility index (Phi) is 5.53. The van der Waals surface area contributed by atoms with Crippen molar-refractivity contribution in [2.75, 3.05) is 26.8 Å². The van der Waals surface area contributed by atoms with Crippen molar-refractivity contribution in [3.05, 3.63) is 53.1 Å². The van der Waals surface area contributed by atoms with E-state index in [9.17, 15) is 4.79 Å². The first-order valence-corrected chi connectivity index (χ1v) is 14.0. The minimum atomic E-state index is -0.360. The Bertz CT molecular complexity index is 1160. The SMILES string of the molecule is COc1cc(OCCCc2ccccc2)c2c3c1O[C@H]1C(=O)CC[C@H]4[C@@H](C2)N(CC2CCC2)CC[C@]314. The maximum Gasteiger partial charge on any atom is 0.174 e. The monoisotopic (exact) mass is 487 g/mol. The van der Waals surface area contributed by atoms with Crippen molar-refractivity contribution < 1.29 is 19.0 Å². The number of piperidine rings is 1. The average molecular weight is 488 g/mol. The van der Waals surface area contributed by atoms with Crippen LogP contribution in [0.25, 0.3) is 0 Å². The van der Waals surface area contributed by atoms with E-state index in [-0.39, 0.29) is 17.3 Å². The van der Waals surface area contributed by atoms with Gasteiger partial charge in [0.05, 0.1) is 13.7 Å². The van der Waals surface area contributed by atoms with Gasteiger partial charge in [0.25, 0.3) is 0 Å². The van der Waals surface area contributed by atoms with Crippen LogP contribution in [0.5, 0.6) is 17.2 Å². The zero-order valence-electron chi connectivity index (χ0n) is 21.3. The largest absolute Gasteiger partial charge is 0.493 e. The van der Waals surface area contributed by atoms with E-state index in [2.05, 4.69) is 35.2 Å². The van der Waals surface area contributed by atoms with Gasteiger partial charge in [0.15, 0.2) is 23.4 Å². The van der Waals surface area contributed by atoms with Crippen LogP contribution in [-0.2, 0) is 23.1 Å². The van der Waals surface area contributed by atoms with Crippen LogP contribution in [0.1, 0.15) is 61.6 Å². The van der Waals surface area contributed by atoms with Crippen LogP contribution in [0.4, 0.5) is 0 Å². The highest BCUT2D eigenvalue weighted by Crippen LogP contribution is 2.64. The van der Waals surface area contributed by atoms with Crippen molar-refractivity contribution in [2.24, 2.45) is 11.8 Å². The first-order valence-electron chi connectivity index (χ1n) is 14.0. The molecule has 0 aromatic heterocycles. The van der Waals surface area contributed by atoms with Crippen molar-refractivity contribution in [1.29, 1.82) is 0 Å². The Hall–Kier alpha value is -2.53. The summed E-state index contributed by atoms with van der Waals surface area (Å²) in [6.45, 7) is 2.94. The summed E-state index contributed by atoms with van der Waals surface area (Å²) in [6, 6.07) is 13.1. The Morgan fingerprint density at radius 3 is 2.78 bits per heavy atom. The molecule has 1 saturated heterocycles. The molecular formula is C31H37NO4. The number of nitrogens with zero attached hydrogens (tertiary/aromatic N) is 1. The zero-order valence-corrected chi connectivity index (χ0v) is 21.3. The van der Waals surface area contributed by atoms with Crippen LogP contribution < -0.4 is 14.2 Å². The lowest BCUT2D eigenvalue weighted by molar-refractivity contribution is -0.139. The molecule has 36 heavy (non-hydrogen) atoms. The molecule has 5 aliphatic rings. The maximum absolute atomic E-state index is 13.3. The third-order valence-electron chi connectivity index (χ3n) is 9.94. The summed E-state index contributed by atoms with van der Waals surface area (Å²) < 4.78 is 18.9. The van der Waals surface area contributed by atoms with E-state index in [0.717, 1.165) is 61.8 Å². The number of ether oxygens (including phenoxy) is 3. The number of benzene rings is 2. The van der Waals surface area contributed by atoms with Crippen LogP contribution in [0.2, 0.25) is 0 Å². The van der Waals surface area contributed by atoms with Gasteiger partial charge in [-0.25, -0.2) is 0 Å². The number of likely N-dealkylation sites (tertiary alicyclic amines) is 1. The summed E-state index contributed by atoms with van der Waals surface area (Å²) in [4.78, 5) is 16.0. The van der Waals surface area contributed by atoms with Gasteiger partial charge in [0.1, 0.15) is 5.75 Å². The Morgan fingerprint density at radius 2 is 2.00 bits per heavy atom. The predicted octanol–water partition coefficient (Wildman–Crippen LogP) is 5.12. The number of methoxy groups -OCH3 is 1. The van der Waals surface area contributed by atoms with Gasteiger partial charge >= 0.3 is 0 Å².